The highest BCUT2D eigenvalue weighted by Gasteiger charge is 2.36. The van der Waals surface area contributed by atoms with E-state index in [-0.39, 0.29) is 23.1 Å². The van der Waals surface area contributed by atoms with Gasteiger partial charge in [0.25, 0.3) is 0 Å². The summed E-state index contributed by atoms with van der Waals surface area (Å²) in [5.74, 6) is 0.253. The van der Waals surface area contributed by atoms with Gasteiger partial charge in [-0.2, -0.15) is 4.31 Å². The van der Waals surface area contributed by atoms with Gasteiger partial charge in [0.15, 0.2) is 0 Å². The highest BCUT2D eigenvalue weighted by molar-refractivity contribution is 7.89. The minimum Gasteiger partial charge on any atom is -0.497 e. The molecule has 0 aliphatic rings. The molecule has 0 spiro atoms. The van der Waals surface area contributed by atoms with E-state index < -0.39 is 16.1 Å². The molecule has 0 saturated heterocycles. The number of carbonyl (C=O) groups excluding carboxylic acids is 1. The van der Waals surface area contributed by atoms with Crippen LogP contribution in [-0.4, -0.2) is 31.7 Å². The number of sulfonamides is 1. The second-order valence-electron chi connectivity index (χ2n) is 6.51. The lowest BCUT2D eigenvalue weighted by Gasteiger charge is -2.32. The fourth-order valence-corrected chi connectivity index (χ4v) is 4.74. The van der Waals surface area contributed by atoms with Crippen LogP contribution in [0.1, 0.15) is 26.3 Å². The van der Waals surface area contributed by atoms with Gasteiger partial charge >= 0.3 is 0 Å². The van der Waals surface area contributed by atoms with Gasteiger partial charge in [-0.15, -0.1) is 0 Å². The highest BCUT2D eigenvalue weighted by atomic mass is 32.2. The normalized spacial score (nSPS) is 13.0. The van der Waals surface area contributed by atoms with Crippen molar-refractivity contribution < 1.29 is 17.9 Å². The monoisotopic (exact) mass is 375 g/mol. The Morgan fingerprint density at radius 1 is 1.04 bits per heavy atom. The first-order valence-corrected chi connectivity index (χ1v) is 9.91. The smallest absolute Gasteiger partial charge is 0.244 e. The molecular formula is C20H25NO4S. The number of rotatable bonds is 8. The molecule has 0 aliphatic carbocycles. The van der Waals surface area contributed by atoms with Crippen molar-refractivity contribution in [2.75, 3.05) is 7.11 Å². The molecule has 0 fully saturated rings. The first kappa shape index (κ1) is 20.1. The maximum absolute atomic E-state index is 13.3. The second kappa shape index (κ2) is 8.47. The molecule has 26 heavy (non-hydrogen) atoms. The summed E-state index contributed by atoms with van der Waals surface area (Å²) in [5.41, 5.74) is 0.830. The molecule has 0 saturated carbocycles. The van der Waals surface area contributed by atoms with E-state index in [0.717, 1.165) is 5.56 Å². The maximum atomic E-state index is 13.3. The first-order chi connectivity index (χ1) is 12.3. The molecular weight excluding hydrogens is 350 g/mol. The van der Waals surface area contributed by atoms with Gasteiger partial charge in [0.1, 0.15) is 11.5 Å². The average molecular weight is 375 g/mol. The SMILES string of the molecule is COc1ccc(S(=O)(=O)N(Cc2ccccc2)C(C(C)=O)C(C)C)cc1. The zero-order chi connectivity index (χ0) is 19.3. The molecule has 0 radical (unpaired) electrons. The summed E-state index contributed by atoms with van der Waals surface area (Å²) < 4.78 is 33.0. The Kier molecular flexibility index (Phi) is 6.56. The van der Waals surface area contributed by atoms with E-state index in [1.54, 1.807) is 12.1 Å². The zero-order valence-corrected chi connectivity index (χ0v) is 16.4. The molecule has 5 nitrogen and oxygen atoms in total. The van der Waals surface area contributed by atoms with Crippen molar-refractivity contribution >= 4 is 15.8 Å². The minimum absolute atomic E-state index is 0.137. The molecule has 2 aromatic carbocycles. The number of nitrogens with zero attached hydrogens (tertiary/aromatic N) is 1. The lowest BCUT2D eigenvalue weighted by molar-refractivity contribution is -0.122. The Morgan fingerprint density at radius 2 is 1.62 bits per heavy atom. The van der Waals surface area contributed by atoms with Crippen molar-refractivity contribution in [3.05, 3.63) is 60.2 Å². The number of Topliss-reactive ketones (excluding diaryl/α,β-unsaturated/α-hetero) is 1. The predicted molar refractivity (Wildman–Crippen MR) is 101 cm³/mol. The maximum Gasteiger partial charge on any atom is 0.244 e. The van der Waals surface area contributed by atoms with Crippen molar-refractivity contribution in [3.8, 4) is 5.75 Å². The van der Waals surface area contributed by atoms with Crippen molar-refractivity contribution in [3.63, 3.8) is 0 Å². The number of ether oxygens (including phenoxy) is 1. The molecule has 6 heteroatoms. The van der Waals surface area contributed by atoms with E-state index in [2.05, 4.69) is 0 Å². The molecule has 1 unspecified atom stereocenters. The van der Waals surface area contributed by atoms with Crippen molar-refractivity contribution in [2.24, 2.45) is 5.92 Å². The van der Waals surface area contributed by atoms with Gasteiger partial charge in [-0.3, -0.25) is 4.79 Å². The standard InChI is InChI=1S/C20H25NO4S/c1-15(2)20(16(3)22)21(14-17-8-6-5-7-9-17)26(23,24)19-12-10-18(25-4)11-13-19/h5-13,15,20H,14H2,1-4H3. The van der Waals surface area contributed by atoms with Crippen LogP contribution in [0.5, 0.6) is 5.75 Å². The molecule has 2 rings (SSSR count). The van der Waals surface area contributed by atoms with Gasteiger partial charge in [-0.1, -0.05) is 44.2 Å². The zero-order valence-electron chi connectivity index (χ0n) is 15.5. The predicted octanol–water partition coefficient (Wildman–Crippen LogP) is 3.50. The van der Waals surface area contributed by atoms with Gasteiger partial charge < -0.3 is 4.74 Å². The number of benzene rings is 2. The van der Waals surface area contributed by atoms with Crippen molar-refractivity contribution in [2.45, 2.75) is 38.3 Å². The van der Waals surface area contributed by atoms with Gasteiger partial charge in [0, 0.05) is 6.54 Å². The van der Waals surface area contributed by atoms with E-state index in [0.29, 0.717) is 5.75 Å². The molecule has 0 bridgehead atoms. The molecule has 2 aromatic rings. The molecule has 1 atom stereocenters. The summed E-state index contributed by atoms with van der Waals surface area (Å²) >= 11 is 0. The third-order valence-corrected chi connectivity index (χ3v) is 6.05. The van der Waals surface area contributed by atoms with E-state index in [4.69, 9.17) is 4.74 Å². The largest absolute Gasteiger partial charge is 0.497 e. The summed E-state index contributed by atoms with van der Waals surface area (Å²) in [7, 11) is -2.33. The van der Waals surface area contributed by atoms with Crippen LogP contribution in [0.2, 0.25) is 0 Å². The van der Waals surface area contributed by atoms with Crippen LogP contribution in [-0.2, 0) is 21.4 Å². The molecule has 0 amide bonds. The van der Waals surface area contributed by atoms with Crippen molar-refractivity contribution in [1.82, 2.24) is 4.31 Å². The highest BCUT2D eigenvalue weighted by Crippen LogP contribution is 2.26. The summed E-state index contributed by atoms with van der Waals surface area (Å²) in [5, 5.41) is 0. The molecule has 140 valence electrons. The molecule has 0 heterocycles. The Hall–Kier alpha value is -2.18. The number of hydrogen-bond donors (Lipinski definition) is 0. The summed E-state index contributed by atoms with van der Waals surface area (Å²) in [6.07, 6.45) is 0. The minimum atomic E-state index is -3.86. The van der Waals surface area contributed by atoms with Crippen molar-refractivity contribution in [1.29, 1.82) is 0 Å². The average Bonchev–Trinajstić information content (AvgIpc) is 2.61. The van der Waals surface area contributed by atoms with Crippen LogP contribution in [0.15, 0.2) is 59.5 Å². The van der Waals surface area contributed by atoms with Crippen LogP contribution in [0.4, 0.5) is 0 Å². The summed E-state index contributed by atoms with van der Waals surface area (Å²) in [4.78, 5) is 12.4. The lowest BCUT2D eigenvalue weighted by atomic mass is 10.0. The third kappa shape index (κ3) is 4.51. The number of carbonyl (C=O) groups is 1. The van der Waals surface area contributed by atoms with Gasteiger partial charge in [0.2, 0.25) is 10.0 Å². The lowest BCUT2D eigenvalue weighted by Crippen LogP contribution is -2.46. The van der Waals surface area contributed by atoms with E-state index in [1.807, 2.05) is 44.2 Å². The molecule has 0 aromatic heterocycles. The third-order valence-electron chi connectivity index (χ3n) is 4.21. The van der Waals surface area contributed by atoms with Gasteiger partial charge in [-0.25, -0.2) is 8.42 Å². The number of methoxy groups -OCH3 is 1. The fraction of sp³-hybridized carbons (Fsp3) is 0.350. The number of hydrogen-bond acceptors (Lipinski definition) is 4. The topological polar surface area (TPSA) is 63.7 Å². The quantitative estimate of drug-likeness (QED) is 0.708. The number of ketones is 1. The van der Waals surface area contributed by atoms with Crippen LogP contribution in [0.25, 0.3) is 0 Å². The van der Waals surface area contributed by atoms with Gasteiger partial charge in [0.05, 0.1) is 18.0 Å². The second-order valence-corrected chi connectivity index (χ2v) is 8.40. The Morgan fingerprint density at radius 3 is 2.08 bits per heavy atom. The Balaban J connectivity index is 2.51. The van der Waals surface area contributed by atoms with Crippen LogP contribution in [0, 0.1) is 5.92 Å². The fourth-order valence-electron chi connectivity index (χ4n) is 2.98. The van der Waals surface area contributed by atoms with Crippen LogP contribution in [0.3, 0.4) is 0 Å². The van der Waals surface area contributed by atoms with E-state index >= 15 is 0 Å². The summed E-state index contributed by atoms with van der Waals surface area (Å²) in [6, 6.07) is 14.8. The van der Waals surface area contributed by atoms with E-state index in [1.165, 1.54) is 30.5 Å². The Labute approximate surface area is 155 Å². The van der Waals surface area contributed by atoms with Gasteiger partial charge in [-0.05, 0) is 42.7 Å². The first-order valence-electron chi connectivity index (χ1n) is 8.47. The summed E-state index contributed by atoms with van der Waals surface area (Å²) in [6.45, 7) is 5.28. The molecule has 0 N–H and O–H groups in total. The molecule has 0 aliphatic heterocycles. The Bertz CT molecular complexity index is 830. The van der Waals surface area contributed by atoms with Crippen LogP contribution >= 0.6 is 0 Å². The van der Waals surface area contributed by atoms with Crippen LogP contribution < -0.4 is 4.74 Å². The van der Waals surface area contributed by atoms with E-state index in [9.17, 15) is 13.2 Å².